The van der Waals surface area contributed by atoms with Crippen LogP contribution in [0, 0.1) is 0 Å². The number of carbonyl (C=O) groups is 1. The molecule has 22 heavy (non-hydrogen) atoms. The molecule has 1 aliphatic rings. The number of amides is 1. The maximum absolute atomic E-state index is 12.4. The molecular weight excluding hydrogens is 278 g/mol. The van der Waals surface area contributed by atoms with Crippen LogP contribution in [0.1, 0.15) is 61.4 Å². The molecule has 122 valence electrons. The van der Waals surface area contributed by atoms with Gasteiger partial charge < -0.3 is 14.8 Å². The topological polar surface area (TPSA) is 47.6 Å². The predicted octanol–water partition coefficient (Wildman–Crippen LogP) is 3.68. The Kier molecular flexibility index (Phi) is 6.72. The maximum atomic E-state index is 12.4. The van der Waals surface area contributed by atoms with E-state index in [0.717, 1.165) is 30.6 Å². The van der Waals surface area contributed by atoms with Gasteiger partial charge in [0.05, 0.1) is 13.7 Å². The lowest BCUT2D eigenvalue weighted by atomic mass is 9.95. The maximum Gasteiger partial charge on any atom is 0.251 e. The summed E-state index contributed by atoms with van der Waals surface area (Å²) in [4.78, 5) is 12.4. The van der Waals surface area contributed by atoms with Crippen LogP contribution >= 0.6 is 0 Å². The molecule has 1 aromatic carbocycles. The Bertz CT molecular complexity index is 481. The molecule has 0 aliphatic heterocycles. The second-order valence-electron chi connectivity index (χ2n) is 5.89. The summed E-state index contributed by atoms with van der Waals surface area (Å²) in [6.07, 6.45) is 6.87. The summed E-state index contributed by atoms with van der Waals surface area (Å²) >= 11 is 0. The van der Waals surface area contributed by atoms with E-state index < -0.39 is 0 Å². The smallest absolute Gasteiger partial charge is 0.251 e. The van der Waals surface area contributed by atoms with Crippen molar-refractivity contribution in [1.82, 2.24) is 5.32 Å². The fourth-order valence-corrected chi connectivity index (χ4v) is 2.87. The number of methoxy groups -OCH3 is 1. The highest BCUT2D eigenvalue weighted by Crippen LogP contribution is 2.22. The quantitative estimate of drug-likeness (QED) is 0.782. The van der Waals surface area contributed by atoms with Gasteiger partial charge in [-0.2, -0.15) is 0 Å². The minimum absolute atomic E-state index is 0.00583. The van der Waals surface area contributed by atoms with Crippen molar-refractivity contribution in [2.24, 2.45) is 0 Å². The molecule has 0 heterocycles. The zero-order chi connectivity index (χ0) is 15.8. The summed E-state index contributed by atoms with van der Waals surface area (Å²) in [5, 5.41) is 3.15. The highest BCUT2D eigenvalue weighted by atomic mass is 16.5. The Morgan fingerprint density at radius 1 is 1.27 bits per heavy atom. The Balaban J connectivity index is 2.02. The van der Waals surface area contributed by atoms with Crippen molar-refractivity contribution in [3.63, 3.8) is 0 Å². The van der Waals surface area contributed by atoms with Gasteiger partial charge >= 0.3 is 0 Å². The molecule has 0 unspecified atom stereocenters. The third kappa shape index (κ3) is 4.73. The van der Waals surface area contributed by atoms with E-state index >= 15 is 0 Å². The van der Waals surface area contributed by atoms with Crippen molar-refractivity contribution in [1.29, 1.82) is 0 Å². The summed E-state index contributed by atoms with van der Waals surface area (Å²) in [6, 6.07) is 5.87. The summed E-state index contributed by atoms with van der Waals surface area (Å²) in [5.41, 5.74) is 1.61. The number of ether oxygens (including phenoxy) is 2. The molecule has 0 bridgehead atoms. The normalized spacial score (nSPS) is 15.5. The lowest BCUT2D eigenvalue weighted by molar-refractivity contribution is 0.0926. The van der Waals surface area contributed by atoms with Crippen LogP contribution in [0.2, 0.25) is 0 Å². The highest BCUT2D eigenvalue weighted by molar-refractivity contribution is 5.94. The van der Waals surface area contributed by atoms with Crippen LogP contribution in [-0.4, -0.2) is 25.7 Å². The Morgan fingerprint density at radius 3 is 2.73 bits per heavy atom. The van der Waals surface area contributed by atoms with Gasteiger partial charge in [-0.1, -0.05) is 26.2 Å². The second-order valence-corrected chi connectivity index (χ2v) is 5.89. The van der Waals surface area contributed by atoms with Crippen LogP contribution in [-0.2, 0) is 11.3 Å². The highest BCUT2D eigenvalue weighted by Gasteiger charge is 2.17. The Morgan fingerprint density at radius 2 is 2.05 bits per heavy atom. The van der Waals surface area contributed by atoms with Gasteiger partial charge in [-0.05, 0) is 37.5 Å². The van der Waals surface area contributed by atoms with Gasteiger partial charge in [0.2, 0.25) is 0 Å². The van der Waals surface area contributed by atoms with Crippen molar-refractivity contribution in [3.8, 4) is 5.75 Å². The molecule has 4 heteroatoms. The SMILES string of the molecule is CCCOCc1cc(C(=O)NC2CCCCC2)ccc1OC. The van der Waals surface area contributed by atoms with Gasteiger partial charge in [-0.15, -0.1) is 0 Å². The monoisotopic (exact) mass is 305 g/mol. The first-order valence-electron chi connectivity index (χ1n) is 8.30. The third-order valence-corrected chi connectivity index (χ3v) is 4.09. The van der Waals surface area contributed by atoms with Crippen molar-refractivity contribution in [2.75, 3.05) is 13.7 Å². The van der Waals surface area contributed by atoms with E-state index in [1.54, 1.807) is 7.11 Å². The van der Waals surface area contributed by atoms with Gasteiger partial charge in [0, 0.05) is 23.8 Å². The molecule has 1 saturated carbocycles. The number of carbonyl (C=O) groups excluding carboxylic acids is 1. The summed E-state index contributed by atoms with van der Waals surface area (Å²) in [7, 11) is 1.64. The molecule has 0 aromatic heterocycles. The largest absolute Gasteiger partial charge is 0.496 e. The van der Waals surface area contributed by atoms with E-state index in [1.165, 1.54) is 19.3 Å². The first-order valence-corrected chi connectivity index (χ1v) is 8.30. The molecule has 0 spiro atoms. The second kappa shape index (κ2) is 8.79. The van der Waals surface area contributed by atoms with E-state index in [-0.39, 0.29) is 5.91 Å². The molecule has 1 aromatic rings. The van der Waals surface area contributed by atoms with Crippen molar-refractivity contribution in [3.05, 3.63) is 29.3 Å². The van der Waals surface area contributed by atoms with Crippen LogP contribution in [0.15, 0.2) is 18.2 Å². The number of benzene rings is 1. The van der Waals surface area contributed by atoms with Crippen molar-refractivity contribution >= 4 is 5.91 Å². The molecule has 0 saturated heterocycles. The molecular formula is C18H27NO3. The van der Waals surface area contributed by atoms with Crippen LogP contribution in [0.25, 0.3) is 0 Å². The van der Waals surface area contributed by atoms with Gasteiger partial charge in [-0.25, -0.2) is 0 Å². The van der Waals surface area contributed by atoms with E-state index in [1.807, 2.05) is 18.2 Å². The van der Waals surface area contributed by atoms with Gasteiger partial charge in [0.1, 0.15) is 5.75 Å². The average molecular weight is 305 g/mol. The number of nitrogens with one attached hydrogen (secondary N) is 1. The molecule has 1 fully saturated rings. The van der Waals surface area contributed by atoms with Gasteiger partial charge in [0.25, 0.3) is 5.91 Å². The predicted molar refractivity (Wildman–Crippen MR) is 87.3 cm³/mol. The molecule has 2 rings (SSSR count). The first-order chi connectivity index (χ1) is 10.7. The summed E-state index contributed by atoms with van der Waals surface area (Å²) in [5.74, 6) is 0.775. The van der Waals surface area contributed by atoms with Crippen molar-refractivity contribution in [2.45, 2.75) is 58.1 Å². The van der Waals surface area contributed by atoms with E-state index in [0.29, 0.717) is 24.8 Å². The lowest BCUT2D eigenvalue weighted by Crippen LogP contribution is -2.36. The lowest BCUT2D eigenvalue weighted by Gasteiger charge is -2.23. The van der Waals surface area contributed by atoms with Gasteiger partial charge in [0.15, 0.2) is 0 Å². The van der Waals surface area contributed by atoms with Gasteiger partial charge in [-0.3, -0.25) is 4.79 Å². The van der Waals surface area contributed by atoms with Crippen LogP contribution in [0.4, 0.5) is 0 Å². The fraction of sp³-hybridized carbons (Fsp3) is 0.611. The molecule has 0 atom stereocenters. The zero-order valence-corrected chi connectivity index (χ0v) is 13.7. The van der Waals surface area contributed by atoms with Crippen LogP contribution in [0.3, 0.4) is 0 Å². The Hall–Kier alpha value is -1.55. The number of hydrogen-bond acceptors (Lipinski definition) is 3. The molecule has 4 nitrogen and oxygen atoms in total. The summed E-state index contributed by atoms with van der Waals surface area (Å²) < 4.78 is 10.9. The number of rotatable bonds is 7. The number of hydrogen-bond donors (Lipinski definition) is 1. The van der Waals surface area contributed by atoms with E-state index in [4.69, 9.17) is 9.47 Å². The molecule has 1 N–H and O–H groups in total. The zero-order valence-electron chi connectivity index (χ0n) is 13.7. The van der Waals surface area contributed by atoms with Crippen LogP contribution < -0.4 is 10.1 Å². The molecule has 1 aliphatic carbocycles. The minimum Gasteiger partial charge on any atom is -0.496 e. The molecule has 0 radical (unpaired) electrons. The summed E-state index contributed by atoms with van der Waals surface area (Å²) in [6.45, 7) is 3.26. The van der Waals surface area contributed by atoms with Crippen LogP contribution in [0.5, 0.6) is 5.75 Å². The third-order valence-electron chi connectivity index (χ3n) is 4.09. The standard InChI is InChI=1S/C18H27NO3/c1-3-11-22-13-15-12-14(9-10-17(15)21-2)18(20)19-16-7-5-4-6-8-16/h9-10,12,16H,3-8,11,13H2,1-2H3,(H,19,20). The molecule has 1 amide bonds. The minimum atomic E-state index is 0.00583. The first kappa shape index (κ1) is 16.8. The van der Waals surface area contributed by atoms with E-state index in [9.17, 15) is 4.79 Å². The average Bonchev–Trinajstić information content (AvgIpc) is 2.56. The van der Waals surface area contributed by atoms with Crippen molar-refractivity contribution < 1.29 is 14.3 Å². The Labute approximate surface area is 133 Å². The van der Waals surface area contributed by atoms with E-state index in [2.05, 4.69) is 12.2 Å². The fourth-order valence-electron chi connectivity index (χ4n) is 2.87.